The van der Waals surface area contributed by atoms with Crippen LogP contribution in [0.5, 0.6) is 0 Å². The molecule has 1 fully saturated rings. The van der Waals surface area contributed by atoms with Crippen LogP contribution in [0.15, 0.2) is 18.2 Å². The van der Waals surface area contributed by atoms with Gasteiger partial charge in [-0.2, -0.15) is 0 Å². The summed E-state index contributed by atoms with van der Waals surface area (Å²) in [6, 6.07) is 5.36. The zero-order valence-electron chi connectivity index (χ0n) is 11.6. The molecule has 1 aliphatic carbocycles. The number of hydrogen-bond acceptors (Lipinski definition) is 3. The van der Waals surface area contributed by atoms with Gasteiger partial charge in [0.1, 0.15) is 5.52 Å². The molecular formula is C15H19N3O2. The van der Waals surface area contributed by atoms with E-state index in [1.165, 1.54) is 19.3 Å². The van der Waals surface area contributed by atoms with Crippen LogP contribution in [0.2, 0.25) is 0 Å². The first-order valence-corrected chi connectivity index (χ1v) is 7.27. The van der Waals surface area contributed by atoms with E-state index in [1.54, 1.807) is 18.2 Å². The van der Waals surface area contributed by atoms with Gasteiger partial charge in [-0.25, -0.2) is 9.48 Å². The Labute approximate surface area is 117 Å². The molecule has 2 atom stereocenters. The Hall–Kier alpha value is -1.91. The number of benzene rings is 1. The number of rotatable bonds is 3. The third-order valence-corrected chi connectivity index (χ3v) is 4.40. The minimum absolute atomic E-state index is 0.295. The first-order chi connectivity index (χ1) is 9.69. The van der Waals surface area contributed by atoms with Crippen molar-refractivity contribution in [2.24, 2.45) is 5.92 Å². The van der Waals surface area contributed by atoms with Gasteiger partial charge in [0.2, 0.25) is 0 Å². The maximum Gasteiger partial charge on any atom is 0.335 e. The van der Waals surface area contributed by atoms with E-state index in [0.717, 1.165) is 29.8 Å². The van der Waals surface area contributed by atoms with Crippen molar-refractivity contribution in [3.63, 3.8) is 0 Å². The monoisotopic (exact) mass is 273 g/mol. The zero-order chi connectivity index (χ0) is 14.1. The molecular weight excluding hydrogens is 254 g/mol. The van der Waals surface area contributed by atoms with Gasteiger partial charge in [-0.1, -0.05) is 31.4 Å². The quantitative estimate of drug-likeness (QED) is 0.931. The van der Waals surface area contributed by atoms with Gasteiger partial charge in [-0.05, 0) is 37.0 Å². The lowest BCUT2D eigenvalue weighted by Gasteiger charge is -2.28. The van der Waals surface area contributed by atoms with Crippen molar-refractivity contribution >= 4 is 17.0 Å². The van der Waals surface area contributed by atoms with Gasteiger partial charge >= 0.3 is 5.97 Å². The van der Waals surface area contributed by atoms with Crippen LogP contribution in [-0.2, 0) is 0 Å². The average Bonchev–Trinajstić information content (AvgIpc) is 2.90. The molecule has 1 N–H and O–H groups in total. The molecule has 1 aliphatic rings. The Morgan fingerprint density at radius 3 is 3.05 bits per heavy atom. The summed E-state index contributed by atoms with van der Waals surface area (Å²) in [4.78, 5) is 11.1. The molecule has 1 aromatic heterocycles. The topological polar surface area (TPSA) is 68.0 Å². The van der Waals surface area contributed by atoms with Crippen molar-refractivity contribution in [3.05, 3.63) is 23.8 Å². The predicted octanol–water partition coefficient (Wildman–Crippen LogP) is 3.27. The summed E-state index contributed by atoms with van der Waals surface area (Å²) in [6.45, 7) is 2.23. The van der Waals surface area contributed by atoms with E-state index < -0.39 is 5.97 Å². The molecule has 5 heteroatoms. The van der Waals surface area contributed by atoms with Gasteiger partial charge in [0.25, 0.3) is 0 Å². The zero-order valence-corrected chi connectivity index (χ0v) is 11.6. The van der Waals surface area contributed by atoms with Gasteiger partial charge < -0.3 is 5.11 Å². The SMILES string of the molecule is CCC1CCCC(n2nnc3ccc(C(=O)O)cc32)C1. The summed E-state index contributed by atoms with van der Waals surface area (Å²) in [5.41, 5.74) is 1.91. The number of hydrogen-bond donors (Lipinski definition) is 1. The van der Waals surface area contributed by atoms with E-state index in [9.17, 15) is 4.79 Å². The van der Waals surface area contributed by atoms with Crippen LogP contribution >= 0.6 is 0 Å². The summed E-state index contributed by atoms with van der Waals surface area (Å²) >= 11 is 0. The summed E-state index contributed by atoms with van der Waals surface area (Å²) in [5, 5.41) is 17.5. The maximum atomic E-state index is 11.1. The highest BCUT2D eigenvalue weighted by Crippen LogP contribution is 2.35. The Morgan fingerprint density at radius 1 is 1.45 bits per heavy atom. The lowest BCUT2D eigenvalue weighted by atomic mass is 9.84. The van der Waals surface area contributed by atoms with Gasteiger partial charge in [0, 0.05) is 0 Å². The molecule has 0 amide bonds. The molecule has 0 bridgehead atoms. The van der Waals surface area contributed by atoms with Crippen molar-refractivity contribution in [1.82, 2.24) is 15.0 Å². The summed E-state index contributed by atoms with van der Waals surface area (Å²) in [6.07, 6.45) is 5.92. The molecule has 2 aromatic rings. The third kappa shape index (κ3) is 2.28. The van der Waals surface area contributed by atoms with Crippen molar-refractivity contribution < 1.29 is 9.90 Å². The van der Waals surface area contributed by atoms with E-state index >= 15 is 0 Å². The molecule has 0 saturated heterocycles. The van der Waals surface area contributed by atoms with Gasteiger partial charge in [0.15, 0.2) is 0 Å². The molecule has 1 heterocycles. The summed E-state index contributed by atoms with van der Waals surface area (Å²) < 4.78 is 1.93. The van der Waals surface area contributed by atoms with Crippen molar-refractivity contribution in [2.45, 2.75) is 45.1 Å². The van der Waals surface area contributed by atoms with Crippen LogP contribution in [-0.4, -0.2) is 26.1 Å². The van der Waals surface area contributed by atoms with Crippen LogP contribution in [0.1, 0.15) is 55.4 Å². The van der Waals surface area contributed by atoms with Crippen LogP contribution in [0.4, 0.5) is 0 Å². The van der Waals surface area contributed by atoms with Crippen molar-refractivity contribution in [2.75, 3.05) is 0 Å². The second kappa shape index (κ2) is 5.23. The van der Waals surface area contributed by atoms with Crippen LogP contribution in [0.25, 0.3) is 11.0 Å². The molecule has 0 radical (unpaired) electrons. The van der Waals surface area contributed by atoms with Crippen LogP contribution in [0.3, 0.4) is 0 Å². The van der Waals surface area contributed by atoms with Crippen molar-refractivity contribution in [1.29, 1.82) is 0 Å². The predicted molar refractivity (Wildman–Crippen MR) is 75.8 cm³/mol. The van der Waals surface area contributed by atoms with Gasteiger partial charge in [-0.15, -0.1) is 5.10 Å². The fraction of sp³-hybridized carbons (Fsp3) is 0.533. The molecule has 5 nitrogen and oxygen atoms in total. The molecule has 2 unspecified atom stereocenters. The maximum absolute atomic E-state index is 11.1. The van der Waals surface area contributed by atoms with E-state index in [-0.39, 0.29) is 0 Å². The Morgan fingerprint density at radius 2 is 2.30 bits per heavy atom. The number of fused-ring (bicyclic) bond motifs is 1. The lowest BCUT2D eigenvalue weighted by molar-refractivity contribution is 0.0697. The molecule has 1 saturated carbocycles. The lowest BCUT2D eigenvalue weighted by Crippen LogP contribution is -2.20. The Bertz CT molecular complexity index is 635. The standard InChI is InChI=1S/C15H19N3O2/c1-2-10-4-3-5-12(8-10)18-14-9-11(15(19)20)6-7-13(14)16-17-18/h6-7,9-10,12H,2-5,8H2,1H3,(H,19,20). The highest BCUT2D eigenvalue weighted by atomic mass is 16.4. The number of carbonyl (C=O) groups is 1. The van der Waals surface area contributed by atoms with E-state index in [2.05, 4.69) is 17.2 Å². The van der Waals surface area contributed by atoms with Gasteiger partial charge in [-0.3, -0.25) is 0 Å². The number of aromatic nitrogens is 3. The summed E-state index contributed by atoms with van der Waals surface area (Å²) in [5.74, 6) is -0.162. The Kier molecular flexibility index (Phi) is 3.42. The molecule has 106 valence electrons. The third-order valence-electron chi connectivity index (χ3n) is 4.40. The Balaban J connectivity index is 1.98. The molecule has 0 aliphatic heterocycles. The highest BCUT2D eigenvalue weighted by Gasteiger charge is 2.24. The van der Waals surface area contributed by atoms with Gasteiger partial charge in [0.05, 0.1) is 17.1 Å². The number of carboxylic acid groups (broad SMARTS) is 1. The molecule has 3 rings (SSSR count). The smallest absolute Gasteiger partial charge is 0.335 e. The van der Waals surface area contributed by atoms with Crippen LogP contribution < -0.4 is 0 Å². The van der Waals surface area contributed by atoms with E-state index in [1.807, 2.05) is 4.68 Å². The molecule has 0 spiro atoms. The fourth-order valence-electron chi connectivity index (χ4n) is 3.19. The number of carboxylic acids is 1. The van der Waals surface area contributed by atoms with E-state index in [0.29, 0.717) is 11.6 Å². The average molecular weight is 273 g/mol. The second-order valence-electron chi connectivity index (χ2n) is 5.64. The summed E-state index contributed by atoms with van der Waals surface area (Å²) in [7, 11) is 0. The second-order valence-corrected chi connectivity index (χ2v) is 5.64. The minimum atomic E-state index is -0.908. The normalized spacial score (nSPS) is 23.1. The number of aromatic carboxylic acids is 1. The van der Waals surface area contributed by atoms with Crippen LogP contribution in [0, 0.1) is 5.92 Å². The highest BCUT2D eigenvalue weighted by molar-refractivity contribution is 5.92. The minimum Gasteiger partial charge on any atom is -0.478 e. The van der Waals surface area contributed by atoms with E-state index in [4.69, 9.17) is 5.11 Å². The van der Waals surface area contributed by atoms with Crippen molar-refractivity contribution in [3.8, 4) is 0 Å². The number of nitrogens with zero attached hydrogens (tertiary/aromatic N) is 3. The first-order valence-electron chi connectivity index (χ1n) is 7.27. The first kappa shape index (κ1) is 13.1. The largest absolute Gasteiger partial charge is 0.478 e. The fourth-order valence-corrected chi connectivity index (χ4v) is 3.19. The molecule has 20 heavy (non-hydrogen) atoms. The molecule has 1 aromatic carbocycles.